The predicted octanol–water partition coefficient (Wildman–Crippen LogP) is 8.59. The molecule has 222 valence electrons. The number of carbonyl (C=O) groups is 1. The molecule has 1 aliphatic rings. The van der Waals surface area contributed by atoms with Crippen molar-refractivity contribution in [1.29, 1.82) is 0 Å². The second-order valence-corrected chi connectivity index (χ2v) is 13.0. The van der Waals surface area contributed by atoms with Crippen LogP contribution in [-0.2, 0) is 13.6 Å². The molecule has 0 saturated heterocycles. The first-order valence-corrected chi connectivity index (χ1v) is 14.9. The first kappa shape index (κ1) is 30.4. The van der Waals surface area contributed by atoms with Crippen molar-refractivity contribution in [3.05, 3.63) is 74.5 Å². The quantitative estimate of drug-likeness (QED) is 0.163. The van der Waals surface area contributed by atoms with E-state index in [1.54, 1.807) is 18.2 Å². The smallest absolute Gasteiger partial charge is 0.259 e. The predicted molar refractivity (Wildman–Crippen MR) is 169 cm³/mol. The normalized spacial score (nSPS) is 13.4. The van der Waals surface area contributed by atoms with Gasteiger partial charge in [0.05, 0.1) is 44.0 Å². The number of amides is 1. The van der Waals surface area contributed by atoms with E-state index in [-0.39, 0.29) is 10.4 Å². The molecule has 1 aliphatic carbocycles. The second-order valence-electron chi connectivity index (χ2n) is 11.9. The van der Waals surface area contributed by atoms with Gasteiger partial charge < -0.3 is 25.3 Å². The maximum absolute atomic E-state index is 13.6. The third-order valence-corrected chi connectivity index (χ3v) is 7.99. The third-order valence-electron chi connectivity index (χ3n) is 6.95. The fourth-order valence-electron chi connectivity index (χ4n) is 4.42. The van der Waals surface area contributed by atoms with Gasteiger partial charge in [-0.3, -0.25) is 4.79 Å². The van der Waals surface area contributed by atoms with Crippen LogP contribution in [0.4, 0.5) is 21.7 Å². The molecule has 0 atom stereocenters. The number of nitrogens with zero attached hydrogens (tertiary/aromatic N) is 2. The maximum Gasteiger partial charge on any atom is 0.259 e. The number of carbonyl (C=O) groups excluding carboxylic acids is 1. The summed E-state index contributed by atoms with van der Waals surface area (Å²) >= 11 is 19.3. The molecule has 3 aromatic carbocycles. The van der Waals surface area contributed by atoms with Gasteiger partial charge in [-0.1, -0.05) is 61.6 Å². The number of hydrogen-bond acceptors (Lipinski definition) is 5. The zero-order chi connectivity index (χ0) is 30.2. The van der Waals surface area contributed by atoms with Crippen LogP contribution in [0.15, 0.2) is 42.5 Å². The van der Waals surface area contributed by atoms with Gasteiger partial charge in [-0.05, 0) is 60.1 Å². The average Bonchev–Trinajstić information content (AvgIpc) is 3.71. The maximum atomic E-state index is 13.6. The van der Waals surface area contributed by atoms with Crippen molar-refractivity contribution in [2.45, 2.75) is 40.2 Å². The van der Waals surface area contributed by atoms with E-state index in [9.17, 15) is 9.18 Å². The van der Waals surface area contributed by atoms with E-state index in [1.165, 1.54) is 18.2 Å². The summed E-state index contributed by atoms with van der Waals surface area (Å²) in [6.07, 6.45) is 2.20. The summed E-state index contributed by atoms with van der Waals surface area (Å²) in [5, 5.41) is 10.4. The number of nitrogens with one attached hydrogen (secondary N) is 3. The van der Waals surface area contributed by atoms with Gasteiger partial charge in [0.15, 0.2) is 0 Å². The van der Waals surface area contributed by atoms with Crippen molar-refractivity contribution < 1.29 is 13.9 Å². The molecule has 42 heavy (non-hydrogen) atoms. The van der Waals surface area contributed by atoms with Gasteiger partial charge in [0.25, 0.3) is 5.91 Å². The first-order chi connectivity index (χ1) is 19.9. The number of imidazole rings is 1. The average molecular weight is 633 g/mol. The number of benzene rings is 3. The summed E-state index contributed by atoms with van der Waals surface area (Å²) in [4.78, 5) is 18.1. The Kier molecular flexibility index (Phi) is 8.90. The van der Waals surface area contributed by atoms with Crippen LogP contribution < -0.4 is 20.7 Å². The van der Waals surface area contributed by atoms with Gasteiger partial charge in [-0.2, -0.15) is 0 Å². The molecule has 3 N–H and O–H groups in total. The van der Waals surface area contributed by atoms with E-state index in [0.29, 0.717) is 63.3 Å². The summed E-state index contributed by atoms with van der Waals surface area (Å²) in [7, 11) is 1.86. The molecular weight excluding hydrogens is 600 g/mol. The Morgan fingerprint density at radius 3 is 2.55 bits per heavy atom. The van der Waals surface area contributed by atoms with Crippen molar-refractivity contribution in [2.24, 2.45) is 18.4 Å². The van der Waals surface area contributed by atoms with E-state index >= 15 is 0 Å². The Morgan fingerprint density at radius 1 is 1.10 bits per heavy atom. The van der Waals surface area contributed by atoms with Crippen LogP contribution in [-0.4, -0.2) is 28.6 Å². The van der Waals surface area contributed by atoms with Crippen molar-refractivity contribution in [3.63, 3.8) is 0 Å². The molecule has 7 nitrogen and oxygen atoms in total. The van der Waals surface area contributed by atoms with Crippen LogP contribution in [0.5, 0.6) is 5.75 Å². The number of anilines is 3. The molecule has 1 fully saturated rings. The summed E-state index contributed by atoms with van der Waals surface area (Å²) in [6, 6.07) is 11.2. The van der Waals surface area contributed by atoms with E-state index in [1.807, 2.05) is 17.7 Å². The molecule has 0 aliphatic heterocycles. The highest BCUT2D eigenvalue weighted by molar-refractivity contribution is 6.39. The highest BCUT2D eigenvalue weighted by Crippen LogP contribution is 2.37. The Labute approximate surface area is 259 Å². The van der Waals surface area contributed by atoms with Gasteiger partial charge >= 0.3 is 0 Å². The molecule has 1 heterocycles. The number of hydrogen-bond donors (Lipinski definition) is 3. The van der Waals surface area contributed by atoms with Gasteiger partial charge in [0, 0.05) is 31.9 Å². The number of aromatic nitrogens is 2. The van der Waals surface area contributed by atoms with Gasteiger partial charge in [0.1, 0.15) is 11.6 Å². The fourth-order valence-corrected chi connectivity index (χ4v) is 5.14. The Bertz CT molecular complexity index is 1650. The van der Waals surface area contributed by atoms with Gasteiger partial charge in [-0.25, -0.2) is 9.37 Å². The molecule has 11 heteroatoms. The standard InChI is InChI=1S/C31H33Cl3FN5O2/c1-31(2,3)16-36-14-18-7-9-21(32)28(27(18)34)39-30-38-24-12-20(29(41)37-19-8-10-23(35)22(33)11-19)26(13-25(24)40(30)4)42-15-17-5-6-17/h7-13,17,36H,5-6,14-16H2,1-4H3,(H,37,41)(H,38,39). The number of rotatable bonds is 10. The summed E-state index contributed by atoms with van der Waals surface area (Å²) in [5.74, 6) is 0.407. The zero-order valence-corrected chi connectivity index (χ0v) is 26.1. The molecule has 4 aromatic rings. The first-order valence-electron chi connectivity index (χ1n) is 13.7. The van der Waals surface area contributed by atoms with E-state index in [4.69, 9.17) is 44.5 Å². The van der Waals surface area contributed by atoms with Gasteiger partial charge in [0.2, 0.25) is 5.95 Å². The molecule has 1 aromatic heterocycles. The fraction of sp³-hybridized carbons (Fsp3) is 0.355. The van der Waals surface area contributed by atoms with Crippen molar-refractivity contribution in [1.82, 2.24) is 14.9 Å². The van der Waals surface area contributed by atoms with Crippen molar-refractivity contribution >= 4 is 69.1 Å². The topological polar surface area (TPSA) is 80.2 Å². The van der Waals surface area contributed by atoms with Crippen LogP contribution in [0.3, 0.4) is 0 Å². The SMILES string of the molecule is Cn1c(Nc2c(Cl)ccc(CNCC(C)(C)C)c2Cl)nc2cc(C(=O)Nc3ccc(F)c(Cl)c3)c(OCC3CC3)cc21. The Morgan fingerprint density at radius 2 is 1.86 bits per heavy atom. The summed E-state index contributed by atoms with van der Waals surface area (Å²) < 4.78 is 21.6. The highest BCUT2D eigenvalue weighted by Gasteiger charge is 2.25. The third kappa shape index (κ3) is 7.11. The highest BCUT2D eigenvalue weighted by atomic mass is 35.5. The van der Waals surface area contributed by atoms with E-state index in [2.05, 4.69) is 36.7 Å². The largest absolute Gasteiger partial charge is 0.492 e. The Hall–Kier alpha value is -3.04. The number of aryl methyl sites for hydroxylation is 1. The number of halogens is 4. The lowest BCUT2D eigenvalue weighted by Crippen LogP contribution is -2.26. The zero-order valence-electron chi connectivity index (χ0n) is 23.9. The summed E-state index contributed by atoms with van der Waals surface area (Å²) in [5.41, 5.74) is 3.57. The van der Waals surface area contributed by atoms with E-state index in [0.717, 1.165) is 30.5 Å². The lowest BCUT2D eigenvalue weighted by atomic mass is 9.97. The minimum Gasteiger partial charge on any atom is -0.492 e. The number of fused-ring (bicyclic) bond motifs is 1. The van der Waals surface area contributed by atoms with Crippen LogP contribution >= 0.6 is 34.8 Å². The van der Waals surface area contributed by atoms with Crippen molar-refractivity contribution in [2.75, 3.05) is 23.8 Å². The van der Waals surface area contributed by atoms with Crippen LogP contribution in [0.25, 0.3) is 11.0 Å². The van der Waals surface area contributed by atoms with Gasteiger partial charge in [-0.15, -0.1) is 0 Å². The molecule has 0 radical (unpaired) electrons. The van der Waals surface area contributed by atoms with Crippen molar-refractivity contribution in [3.8, 4) is 5.75 Å². The monoisotopic (exact) mass is 631 g/mol. The molecule has 5 rings (SSSR count). The van der Waals surface area contributed by atoms with Crippen LogP contribution in [0.2, 0.25) is 15.1 Å². The van der Waals surface area contributed by atoms with Crippen LogP contribution in [0, 0.1) is 17.2 Å². The molecular formula is C31H33Cl3FN5O2. The number of ether oxygens (including phenoxy) is 1. The van der Waals surface area contributed by atoms with E-state index < -0.39 is 11.7 Å². The molecule has 0 bridgehead atoms. The molecule has 1 amide bonds. The lowest BCUT2D eigenvalue weighted by Gasteiger charge is -2.20. The Balaban J connectivity index is 1.45. The summed E-state index contributed by atoms with van der Waals surface area (Å²) in [6.45, 7) is 8.42. The minimum absolute atomic E-state index is 0.0831. The van der Waals surface area contributed by atoms with Crippen LogP contribution in [0.1, 0.15) is 49.5 Å². The molecule has 0 spiro atoms. The molecule has 0 unspecified atom stereocenters. The lowest BCUT2D eigenvalue weighted by molar-refractivity contribution is 0.102. The molecule has 1 saturated carbocycles. The minimum atomic E-state index is -0.565. The second kappa shape index (κ2) is 12.3.